The van der Waals surface area contributed by atoms with Gasteiger partial charge in [0, 0.05) is 13.0 Å². The highest BCUT2D eigenvalue weighted by atomic mass is 32.2. The van der Waals surface area contributed by atoms with Crippen molar-refractivity contribution < 1.29 is 23.1 Å². The minimum atomic E-state index is -4.05. The number of rotatable bonds is 6. The number of ether oxygens (including phenoxy) is 1. The zero-order valence-electron chi connectivity index (χ0n) is 19.7. The molecule has 0 bridgehead atoms. The van der Waals surface area contributed by atoms with Crippen molar-refractivity contribution in [2.75, 3.05) is 6.54 Å². The molecule has 1 unspecified atom stereocenters. The number of nitriles is 1. The molecular formula is C25H26N4O5S. The molecule has 2 aromatic carbocycles. The van der Waals surface area contributed by atoms with Crippen LogP contribution in [0.3, 0.4) is 0 Å². The van der Waals surface area contributed by atoms with Gasteiger partial charge in [-0.1, -0.05) is 24.3 Å². The van der Waals surface area contributed by atoms with Crippen molar-refractivity contribution in [1.29, 1.82) is 5.26 Å². The number of aryl methyl sites for hydroxylation is 3. The molecule has 1 N–H and O–H groups in total. The quantitative estimate of drug-likeness (QED) is 0.522. The standard InChI is InChI=1S/C25H26N4O5S/c1-16-9-10-21(11-17(16)2)35(32,33)28-14-20(30)12-23(28)25(31)34-15-24-22(13-26)18(3)27-29(24)19-7-5-4-6-8-19/h4-11,20,23,30H,12,14-15H2,1-3H3/t20?,23-/m0/s1. The van der Waals surface area contributed by atoms with Crippen LogP contribution in [0.5, 0.6) is 0 Å². The van der Waals surface area contributed by atoms with Crippen LogP contribution in [0.4, 0.5) is 0 Å². The van der Waals surface area contributed by atoms with Crippen LogP contribution in [-0.4, -0.2) is 52.3 Å². The molecule has 35 heavy (non-hydrogen) atoms. The first-order valence-electron chi connectivity index (χ1n) is 11.1. The van der Waals surface area contributed by atoms with Gasteiger partial charge in [0.15, 0.2) is 0 Å². The number of benzene rings is 2. The maximum Gasteiger partial charge on any atom is 0.324 e. The van der Waals surface area contributed by atoms with Crippen molar-refractivity contribution in [3.05, 3.63) is 76.6 Å². The van der Waals surface area contributed by atoms with Crippen molar-refractivity contribution in [3.63, 3.8) is 0 Å². The normalized spacial score (nSPS) is 18.4. The average Bonchev–Trinajstić information content (AvgIpc) is 3.39. The van der Waals surface area contributed by atoms with Crippen LogP contribution in [0.15, 0.2) is 53.4 Å². The number of aliphatic hydroxyl groups excluding tert-OH is 1. The topological polar surface area (TPSA) is 126 Å². The van der Waals surface area contributed by atoms with Gasteiger partial charge in [-0.2, -0.15) is 14.7 Å². The van der Waals surface area contributed by atoms with Crippen LogP contribution in [0.1, 0.15) is 34.5 Å². The molecule has 1 fully saturated rings. The third kappa shape index (κ3) is 4.71. The molecule has 0 aliphatic carbocycles. The van der Waals surface area contributed by atoms with Crippen LogP contribution in [0, 0.1) is 32.1 Å². The lowest BCUT2D eigenvalue weighted by molar-refractivity contribution is -0.149. The first-order valence-corrected chi connectivity index (χ1v) is 12.5. The molecule has 3 aromatic rings. The van der Waals surface area contributed by atoms with E-state index in [4.69, 9.17) is 4.74 Å². The zero-order valence-corrected chi connectivity index (χ0v) is 20.5. The van der Waals surface area contributed by atoms with Crippen LogP contribution < -0.4 is 0 Å². The Labute approximate surface area is 204 Å². The summed E-state index contributed by atoms with van der Waals surface area (Å²) < 4.78 is 34.7. The van der Waals surface area contributed by atoms with E-state index in [0.717, 1.165) is 15.4 Å². The molecule has 1 aromatic heterocycles. The van der Waals surface area contributed by atoms with E-state index in [1.165, 1.54) is 10.7 Å². The van der Waals surface area contributed by atoms with Gasteiger partial charge < -0.3 is 9.84 Å². The smallest absolute Gasteiger partial charge is 0.324 e. The third-order valence-corrected chi connectivity index (χ3v) is 8.08. The van der Waals surface area contributed by atoms with Gasteiger partial charge in [0.25, 0.3) is 0 Å². The van der Waals surface area contributed by atoms with E-state index in [1.807, 2.05) is 44.2 Å². The molecular weight excluding hydrogens is 468 g/mol. The van der Waals surface area contributed by atoms with Crippen molar-refractivity contribution in [2.24, 2.45) is 0 Å². The largest absolute Gasteiger partial charge is 0.458 e. The number of esters is 1. The van der Waals surface area contributed by atoms with E-state index in [0.29, 0.717) is 17.1 Å². The highest BCUT2D eigenvalue weighted by Crippen LogP contribution is 2.29. The zero-order chi connectivity index (χ0) is 25.3. The summed E-state index contributed by atoms with van der Waals surface area (Å²) in [7, 11) is -4.05. The van der Waals surface area contributed by atoms with Gasteiger partial charge in [-0.05, 0) is 56.2 Å². The molecule has 0 spiro atoms. The number of sulfonamides is 1. The summed E-state index contributed by atoms with van der Waals surface area (Å²) >= 11 is 0. The molecule has 4 rings (SSSR count). The van der Waals surface area contributed by atoms with Crippen molar-refractivity contribution in [2.45, 2.75) is 50.8 Å². The SMILES string of the molecule is Cc1ccc(S(=O)(=O)N2CC(O)C[C@H]2C(=O)OCc2c(C#N)c(C)nn2-c2ccccc2)cc1C. The predicted molar refractivity (Wildman–Crippen MR) is 127 cm³/mol. The van der Waals surface area contributed by atoms with Gasteiger partial charge in [-0.3, -0.25) is 4.79 Å². The van der Waals surface area contributed by atoms with Gasteiger partial charge in [0.05, 0.1) is 28.1 Å². The second-order valence-electron chi connectivity index (χ2n) is 8.60. The molecule has 0 amide bonds. The molecule has 182 valence electrons. The second-order valence-corrected chi connectivity index (χ2v) is 10.5. The van der Waals surface area contributed by atoms with Gasteiger partial charge in [-0.15, -0.1) is 0 Å². The highest BCUT2D eigenvalue weighted by Gasteiger charge is 2.44. The molecule has 0 saturated carbocycles. The van der Waals surface area contributed by atoms with E-state index < -0.39 is 28.1 Å². The van der Waals surface area contributed by atoms with Crippen LogP contribution >= 0.6 is 0 Å². The van der Waals surface area contributed by atoms with E-state index >= 15 is 0 Å². The summed E-state index contributed by atoms with van der Waals surface area (Å²) in [5, 5.41) is 24.2. The Morgan fingerprint density at radius 1 is 1.17 bits per heavy atom. The Morgan fingerprint density at radius 2 is 1.89 bits per heavy atom. The summed E-state index contributed by atoms with van der Waals surface area (Å²) in [4.78, 5) is 13.1. The van der Waals surface area contributed by atoms with Gasteiger partial charge in [0.2, 0.25) is 10.0 Å². The number of carbonyl (C=O) groups excluding carboxylic acids is 1. The highest BCUT2D eigenvalue weighted by molar-refractivity contribution is 7.89. The molecule has 1 saturated heterocycles. The summed E-state index contributed by atoms with van der Waals surface area (Å²) in [5.41, 5.74) is 3.59. The minimum Gasteiger partial charge on any atom is -0.458 e. The second kappa shape index (κ2) is 9.62. The molecule has 0 radical (unpaired) electrons. The number of para-hydroxylation sites is 1. The lowest BCUT2D eigenvalue weighted by atomic mass is 10.1. The third-order valence-electron chi connectivity index (χ3n) is 6.21. The Bertz CT molecular complexity index is 1410. The van der Waals surface area contributed by atoms with Gasteiger partial charge in [0.1, 0.15) is 24.3 Å². The van der Waals surface area contributed by atoms with Crippen molar-refractivity contribution in [3.8, 4) is 11.8 Å². The van der Waals surface area contributed by atoms with Crippen LogP contribution in [0.25, 0.3) is 5.69 Å². The van der Waals surface area contributed by atoms with Crippen molar-refractivity contribution >= 4 is 16.0 Å². The number of aromatic nitrogens is 2. The molecule has 1 aliphatic heterocycles. The lowest BCUT2D eigenvalue weighted by Crippen LogP contribution is -2.41. The Hall–Kier alpha value is -3.52. The van der Waals surface area contributed by atoms with E-state index in [9.17, 15) is 23.6 Å². The Kier molecular flexibility index (Phi) is 6.76. The van der Waals surface area contributed by atoms with Crippen molar-refractivity contribution in [1.82, 2.24) is 14.1 Å². The maximum absolute atomic E-state index is 13.3. The average molecular weight is 495 g/mol. The summed E-state index contributed by atoms with van der Waals surface area (Å²) in [6.07, 6.45) is -1.08. The molecule has 2 atom stereocenters. The summed E-state index contributed by atoms with van der Waals surface area (Å²) in [6, 6.07) is 14.8. The number of hydrogen-bond acceptors (Lipinski definition) is 7. The van der Waals surface area contributed by atoms with Gasteiger partial charge >= 0.3 is 5.97 Å². The van der Waals surface area contributed by atoms with E-state index in [2.05, 4.69) is 11.2 Å². The summed E-state index contributed by atoms with van der Waals surface area (Å²) in [5.74, 6) is -0.795. The fourth-order valence-electron chi connectivity index (χ4n) is 4.15. The molecule has 10 heteroatoms. The predicted octanol–water partition coefficient (Wildman–Crippen LogP) is 2.54. The number of nitrogens with zero attached hydrogens (tertiary/aromatic N) is 4. The van der Waals surface area contributed by atoms with Crippen LogP contribution in [0.2, 0.25) is 0 Å². The first kappa shape index (κ1) is 24.6. The van der Waals surface area contributed by atoms with E-state index in [-0.39, 0.29) is 30.0 Å². The fraction of sp³-hybridized carbons (Fsp3) is 0.320. The van der Waals surface area contributed by atoms with Crippen LogP contribution in [-0.2, 0) is 26.2 Å². The number of hydrogen-bond donors (Lipinski definition) is 1. The Balaban J connectivity index is 1.59. The molecule has 1 aliphatic rings. The number of carbonyl (C=O) groups is 1. The number of aliphatic hydroxyl groups is 1. The van der Waals surface area contributed by atoms with E-state index in [1.54, 1.807) is 19.1 Å². The fourth-order valence-corrected chi connectivity index (χ4v) is 5.86. The maximum atomic E-state index is 13.3. The Morgan fingerprint density at radius 3 is 2.54 bits per heavy atom. The molecule has 2 heterocycles. The first-order chi connectivity index (χ1) is 16.6. The minimum absolute atomic E-state index is 0.0528. The lowest BCUT2D eigenvalue weighted by Gasteiger charge is -2.23. The number of β-amino-alcohol motifs (C(OH)–C–C–N with tert-alkyl or cyclic N) is 1. The van der Waals surface area contributed by atoms with Gasteiger partial charge in [-0.25, -0.2) is 13.1 Å². The summed E-state index contributed by atoms with van der Waals surface area (Å²) in [6.45, 7) is 4.89. The molecule has 9 nitrogen and oxygen atoms in total. The monoisotopic (exact) mass is 494 g/mol.